The number of benzene rings is 1. The second-order valence-electron chi connectivity index (χ2n) is 7.89. The Morgan fingerprint density at radius 2 is 2.00 bits per heavy atom. The number of aliphatic hydroxyl groups excluding tert-OH is 1. The normalized spacial score (nSPS) is 31.3. The second-order valence-corrected chi connectivity index (χ2v) is 7.89. The Labute approximate surface area is 153 Å². The maximum atomic E-state index is 11.4. The van der Waals surface area contributed by atoms with Crippen LogP contribution in [0.15, 0.2) is 51.2 Å². The van der Waals surface area contributed by atoms with Crippen LogP contribution >= 0.6 is 0 Å². The zero-order valence-electron chi connectivity index (χ0n) is 15.4. The summed E-state index contributed by atoms with van der Waals surface area (Å²) in [6, 6.07) is 8.83. The maximum absolute atomic E-state index is 11.4. The first kappa shape index (κ1) is 17.3. The van der Waals surface area contributed by atoms with Crippen molar-refractivity contribution < 1.29 is 14.3 Å². The van der Waals surface area contributed by atoms with Crippen LogP contribution in [0.5, 0.6) is 5.75 Å². The van der Waals surface area contributed by atoms with Gasteiger partial charge >= 0.3 is 5.63 Å². The van der Waals surface area contributed by atoms with Crippen molar-refractivity contribution in [3.8, 4) is 5.75 Å². The molecule has 4 heteroatoms. The standard InChI is InChI=1S/C22H26O4/c1-13-3-7-17-14(2)20(23)9-8-18(17)19(13)12-25-16-6-4-15-5-10-22(24)26-21(15)11-16/h3-6,10-11,14,17-20,23H,7-9,12H2,1-2H3/t14-,17?,18?,19?,20?/m1/s1. The molecular weight excluding hydrogens is 328 g/mol. The number of fused-ring (bicyclic) bond motifs is 2. The van der Waals surface area contributed by atoms with Gasteiger partial charge in [-0.25, -0.2) is 4.79 Å². The van der Waals surface area contributed by atoms with Gasteiger partial charge in [0.1, 0.15) is 11.3 Å². The topological polar surface area (TPSA) is 59.7 Å². The Balaban J connectivity index is 1.52. The van der Waals surface area contributed by atoms with Crippen LogP contribution in [0.1, 0.15) is 33.1 Å². The lowest BCUT2D eigenvalue weighted by atomic mass is 9.61. The summed E-state index contributed by atoms with van der Waals surface area (Å²) in [4.78, 5) is 11.4. The SMILES string of the molecule is CC1=CCC2C(CCC(O)[C@@H]2C)C1COc1ccc2ccc(=O)oc2c1. The molecule has 5 atom stereocenters. The Morgan fingerprint density at radius 1 is 1.19 bits per heavy atom. The number of aliphatic hydroxyl groups is 1. The van der Waals surface area contributed by atoms with E-state index in [1.807, 2.05) is 12.1 Å². The fraction of sp³-hybridized carbons (Fsp3) is 0.500. The molecule has 2 aliphatic carbocycles. The van der Waals surface area contributed by atoms with E-state index in [9.17, 15) is 9.90 Å². The van der Waals surface area contributed by atoms with Crippen LogP contribution in [0.3, 0.4) is 0 Å². The molecular formula is C22H26O4. The third kappa shape index (κ3) is 3.18. The molecule has 4 nitrogen and oxygen atoms in total. The monoisotopic (exact) mass is 354 g/mol. The van der Waals surface area contributed by atoms with Crippen molar-refractivity contribution in [2.24, 2.45) is 23.7 Å². The Morgan fingerprint density at radius 3 is 2.85 bits per heavy atom. The van der Waals surface area contributed by atoms with E-state index in [1.165, 1.54) is 11.6 Å². The smallest absolute Gasteiger partial charge is 0.336 e. The van der Waals surface area contributed by atoms with Crippen LogP contribution in [0.2, 0.25) is 0 Å². The highest BCUT2D eigenvalue weighted by Gasteiger charge is 2.41. The number of hydrogen-bond donors (Lipinski definition) is 1. The first-order chi connectivity index (χ1) is 12.5. The molecule has 2 aromatic rings. The molecule has 1 fully saturated rings. The van der Waals surface area contributed by atoms with Crippen LogP contribution in [-0.4, -0.2) is 17.8 Å². The number of rotatable bonds is 3. The minimum atomic E-state index is -0.349. The van der Waals surface area contributed by atoms with E-state index in [-0.39, 0.29) is 11.7 Å². The van der Waals surface area contributed by atoms with E-state index >= 15 is 0 Å². The highest BCUT2D eigenvalue weighted by atomic mass is 16.5. The molecule has 1 heterocycles. The zero-order valence-corrected chi connectivity index (χ0v) is 15.4. The minimum Gasteiger partial charge on any atom is -0.493 e. The number of hydrogen-bond acceptors (Lipinski definition) is 4. The first-order valence-corrected chi connectivity index (χ1v) is 9.54. The van der Waals surface area contributed by atoms with E-state index in [2.05, 4.69) is 19.9 Å². The molecule has 1 saturated carbocycles. The van der Waals surface area contributed by atoms with Gasteiger partial charge in [-0.2, -0.15) is 0 Å². The van der Waals surface area contributed by atoms with Gasteiger partial charge < -0.3 is 14.3 Å². The molecule has 0 bridgehead atoms. The summed E-state index contributed by atoms with van der Waals surface area (Å²) < 4.78 is 11.4. The van der Waals surface area contributed by atoms with Crippen LogP contribution in [0.25, 0.3) is 11.0 Å². The van der Waals surface area contributed by atoms with Crippen molar-refractivity contribution in [3.05, 3.63) is 52.4 Å². The van der Waals surface area contributed by atoms with Crippen molar-refractivity contribution in [2.75, 3.05) is 6.61 Å². The summed E-state index contributed by atoms with van der Waals surface area (Å²) >= 11 is 0. The average molecular weight is 354 g/mol. The van der Waals surface area contributed by atoms with Gasteiger partial charge in [0.25, 0.3) is 0 Å². The lowest BCUT2D eigenvalue weighted by Gasteiger charge is -2.45. The number of allylic oxidation sites excluding steroid dienone is 1. The number of ether oxygens (including phenoxy) is 1. The lowest BCUT2D eigenvalue weighted by Crippen LogP contribution is -2.42. The van der Waals surface area contributed by atoms with Crippen molar-refractivity contribution in [3.63, 3.8) is 0 Å². The molecule has 4 unspecified atom stereocenters. The van der Waals surface area contributed by atoms with Gasteiger partial charge in [-0.05, 0) is 62.1 Å². The van der Waals surface area contributed by atoms with E-state index in [4.69, 9.17) is 9.15 Å². The molecule has 0 spiro atoms. The summed E-state index contributed by atoms with van der Waals surface area (Å²) in [6.07, 6.45) is 5.15. The fourth-order valence-electron chi connectivity index (χ4n) is 4.79. The molecule has 0 aliphatic heterocycles. The van der Waals surface area contributed by atoms with Gasteiger partial charge in [-0.1, -0.05) is 18.6 Å². The molecule has 0 saturated heterocycles. The predicted molar refractivity (Wildman–Crippen MR) is 101 cm³/mol. The van der Waals surface area contributed by atoms with Gasteiger partial charge in [0, 0.05) is 23.4 Å². The van der Waals surface area contributed by atoms with E-state index in [0.717, 1.165) is 30.4 Å². The Kier molecular flexibility index (Phi) is 4.62. The minimum absolute atomic E-state index is 0.173. The van der Waals surface area contributed by atoms with E-state index in [0.29, 0.717) is 35.9 Å². The second kappa shape index (κ2) is 6.92. The Bertz CT molecular complexity index is 881. The van der Waals surface area contributed by atoms with Crippen molar-refractivity contribution in [2.45, 2.75) is 39.2 Å². The third-order valence-corrected chi connectivity index (χ3v) is 6.47. The van der Waals surface area contributed by atoms with Crippen molar-refractivity contribution >= 4 is 11.0 Å². The zero-order chi connectivity index (χ0) is 18.3. The molecule has 1 aromatic carbocycles. The van der Waals surface area contributed by atoms with Crippen LogP contribution < -0.4 is 10.4 Å². The molecule has 26 heavy (non-hydrogen) atoms. The summed E-state index contributed by atoms with van der Waals surface area (Å²) in [7, 11) is 0. The molecule has 1 N–H and O–H groups in total. The van der Waals surface area contributed by atoms with Crippen LogP contribution in [-0.2, 0) is 0 Å². The average Bonchev–Trinajstić information content (AvgIpc) is 2.63. The summed E-state index contributed by atoms with van der Waals surface area (Å²) in [5.74, 6) is 2.55. The van der Waals surface area contributed by atoms with Gasteiger partial charge in [0.2, 0.25) is 0 Å². The van der Waals surface area contributed by atoms with Crippen molar-refractivity contribution in [1.82, 2.24) is 0 Å². The highest BCUT2D eigenvalue weighted by molar-refractivity contribution is 5.77. The van der Waals surface area contributed by atoms with Gasteiger partial charge in [-0.15, -0.1) is 0 Å². The van der Waals surface area contributed by atoms with E-state index in [1.54, 1.807) is 12.1 Å². The molecule has 0 amide bonds. The predicted octanol–water partition coefficient (Wildman–Crippen LogP) is 4.16. The van der Waals surface area contributed by atoms with Crippen LogP contribution in [0, 0.1) is 23.7 Å². The summed E-state index contributed by atoms with van der Waals surface area (Å²) in [6.45, 7) is 4.99. The molecule has 4 rings (SSSR count). The van der Waals surface area contributed by atoms with Crippen LogP contribution in [0.4, 0.5) is 0 Å². The largest absolute Gasteiger partial charge is 0.493 e. The van der Waals surface area contributed by atoms with Crippen molar-refractivity contribution in [1.29, 1.82) is 0 Å². The van der Waals surface area contributed by atoms with Gasteiger partial charge in [-0.3, -0.25) is 0 Å². The summed E-state index contributed by atoms with van der Waals surface area (Å²) in [5, 5.41) is 11.1. The van der Waals surface area contributed by atoms with Gasteiger partial charge in [0.05, 0.1) is 12.7 Å². The maximum Gasteiger partial charge on any atom is 0.336 e. The first-order valence-electron chi connectivity index (χ1n) is 9.54. The third-order valence-electron chi connectivity index (χ3n) is 6.47. The lowest BCUT2D eigenvalue weighted by molar-refractivity contribution is -0.0122. The highest BCUT2D eigenvalue weighted by Crippen LogP contribution is 2.46. The molecule has 1 aromatic heterocycles. The molecule has 2 aliphatic rings. The fourth-order valence-corrected chi connectivity index (χ4v) is 4.79. The molecule has 0 radical (unpaired) electrons. The van der Waals surface area contributed by atoms with Gasteiger partial charge in [0.15, 0.2) is 0 Å². The Hall–Kier alpha value is -2.07. The molecule has 138 valence electrons. The summed E-state index contributed by atoms with van der Waals surface area (Å²) in [5.41, 5.74) is 1.60. The quantitative estimate of drug-likeness (QED) is 0.664. The van der Waals surface area contributed by atoms with E-state index < -0.39 is 0 Å².